The van der Waals surface area contributed by atoms with Gasteiger partial charge in [0.2, 0.25) is 0 Å². The van der Waals surface area contributed by atoms with Crippen molar-refractivity contribution >= 4 is 0 Å². The second kappa shape index (κ2) is 5.11. The molecule has 21 heavy (non-hydrogen) atoms. The molecule has 0 aromatic rings. The number of hydrogen-bond donors (Lipinski definition) is 1. The molecular weight excluding hydrogens is 254 g/mol. The Hall–Kier alpha value is -0.300. The summed E-state index contributed by atoms with van der Waals surface area (Å²) in [5, 5.41) is 3.86. The standard InChI is InChI=1S/C20H31N/c1-2-4-15-13(3-1)5-7-17-16(15)9-10-19-18(17)8-6-14-11-12-21-20(14)19/h6,8,13-21H,1-5,7,9-12H2. The van der Waals surface area contributed by atoms with E-state index in [9.17, 15) is 0 Å². The predicted octanol–water partition coefficient (Wildman–Crippen LogP) is 4.39. The van der Waals surface area contributed by atoms with Gasteiger partial charge in [0.05, 0.1) is 0 Å². The van der Waals surface area contributed by atoms with Crippen molar-refractivity contribution in [2.75, 3.05) is 6.54 Å². The van der Waals surface area contributed by atoms with Crippen LogP contribution in [0, 0.1) is 41.4 Å². The highest BCUT2D eigenvalue weighted by atomic mass is 15.0. The van der Waals surface area contributed by atoms with Crippen molar-refractivity contribution in [2.45, 2.75) is 63.8 Å². The van der Waals surface area contributed by atoms with E-state index in [2.05, 4.69) is 17.5 Å². The summed E-state index contributed by atoms with van der Waals surface area (Å²) in [6.07, 6.45) is 19.1. The zero-order valence-corrected chi connectivity index (χ0v) is 13.3. The van der Waals surface area contributed by atoms with Crippen LogP contribution in [0.2, 0.25) is 0 Å². The van der Waals surface area contributed by atoms with Crippen LogP contribution in [0.1, 0.15) is 57.8 Å². The van der Waals surface area contributed by atoms with Gasteiger partial charge in [-0.1, -0.05) is 31.4 Å². The molecule has 1 N–H and O–H groups in total. The number of nitrogens with one attached hydrogen (secondary N) is 1. The Bertz CT molecular complexity index is 428. The fourth-order valence-corrected chi connectivity index (χ4v) is 7.31. The third-order valence-corrected chi connectivity index (χ3v) is 8.12. The Kier molecular flexibility index (Phi) is 3.21. The van der Waals surface area contributed by atoms with E-state index in [4.69, 9.17) is 0 Å². The van der Waals surface area contributed by atoms with Gasteiger partial charge >= 0.3 is 0 Å². The van der Waals surface area contributed by atoms with E-state index < -0.39 is 0 Å². The van der Waals surface area contributed by atoms with Crippen LogP contribution in [-0.4, -0.2) is 12.6 Å². The minimum absolute atomic E-state index is 0.838. The van der Waals surface area contributed by atoms with Gasteiger partial charge in [-0.15, -0.1) is 0 Å². The summed E-state index contributed by atoms with van der Waals surface area (Å²) < 4.78 is 0. The number of fused-ring (bicyclic) bond motifs is 7. The highest BCUT2D eigenvalue weighted by molar-refractivity contribution is 5.14. The van der Waals surface area contributed by atoms with Gasteiger partial charge in [0.25, 0.3) is 0 Å². The first-order valence-electron chi connectivity index (χ1n) is 9.83. The molecule has 4 aliphatic carbocycles. The molecule has 4 fully saturated rings. The van der Waals surface area contributed by atoms with E-state index in [0.29, 0.717) is 0 Å². The van der Waals surface area contributed by atoms with Crippen LogP contribution in [0.4, 0.5) is 0 Å². The lowest BCUT2D eigenvalue weighted by Crippen LogP contribution is -2.50. The van der Waals surface area contributed by atoms with Gasteiger partial charge in [-0.2, -0.15) is 0 Å². The van der Waals surface area contributed by atoms with Gasteiger partial charge in [0.1, 0.15) is 0 Å². The van der Waals surface area contributed by atoms with E-state index in [1.165, 1.54) is 32.2 Å². The van der Waals surface area contributed by atoms with E-state index >= 15 is 0 Å². The van der Waals surface area contributed by atoms with E-state index in [0.717, 1.165) is 47.5 Å². The van der Waals surface area contributed by atoms with Gasteiger partial charge < -0.3 is 5.32 Å². The van der Waals surface area contributed by atoms with Gasteiger partial charge in [0, 0.05) is 6.04 Å². The molecule has 1 saturated heterocycles. The van der Waals surface area contributed by atoms with Crippen LogP contribution in [0.3, 0.4) is 0 Å². The molecule has 1 nitrogen and oxygen atoms in total. The quantitative estimate of drug-likeness (QED) is 0.651. The molecule has 8 unspecified atom stereocenters. The molecule has 0 bridgehead atoms. The third kappa shape index (κ3) is 1.99. The van der Waals surface area contributed by atoms with E-state index in [1.807, 2.05) is 0 Å². The maximum absolute atomic E-state index is 3.86. The average Bonchev–Trinajstić information content (AvgIpc) is 3.03. The molecule has 8 atom stereocenters. The molecule has 1 heterocycles. The highest BCUT2D eigenvalue weighted by Crippen LogP contribution is 2.56. The summed E-state index contributed by atoms with van der Waals surface area (Å²) in [5.41, 5.74) is 0. The Morgan fingerprint density at radius 3 is 2.52 bits per heavy atom. The number of rotatable bonds is 0. The zero-order chi connectivity index (χ0) is 13.8. The molecule has 0 aromatic heterocycles. The van der Waals surface area contributed by atoms with Crippen molar-refractivity contribution in [3.63, 3.8) is 0 Å². The summed E-state index contributed by atoms with van der Waals surface area (Å²) in [5.74, 6) is 7.13. The van der Waals surface area contributed by atoms with Gasteiger partial charge in [-0.05, 0) is 86.5 Å². The summed E-state index contributed by atoms with van der Waals surface area (Å²) in [4.78, 5) is 0. The fraction of sp³-hybridized carbons (Fsp3) is 0.900. The molecule has 0 aromatic carbocycles. The fourth-order valence-electron chi connectivity index (χ4n) is 7.31. The molecule has 1 heteroatoms. The van der Waals surface area contributed by atoms with Crippen LogP contribution in [-0.2, 0) is 0 Å². The lowest BCUT2D eigenvalue weighted by molar-refractivity contribution is -0.0242. The SMILES string of the molecule is C1=CC2C3CCC4CCCCC4C3CCC2C2NCCC12. The maximum Gasteiger partial charge on any atom is 0.0164 e. The van der Waals surface area contributed by atoms with Crippen molar-refractivity contribution in [1.82, 2.24) is 5.32 Å². The molecule has 0 radical (unpaired) electrons. The minimum Gasteiger partial charge on any atom is -0.313 e. The molecule has 1 aliphatic heterocycles. The van der Waals surface area contributed by atoms with Crippen LogP contribution in [0.25, 0.3) is 0 Å². The first-order valence-corrected chi connectivity index (χ1v) is 9.83. The van der Waals surface area contributed by atoms with Gasteiger partial charge in [-0.25, -0.2) is 0 Å². The smallest absolute Gasteiger partial charge is 0.0164 e. The lowest BCUT2D eigenvalue weighted by atomic mass is 9.51. The van der Waals surface area contributed by atoms with Crippen molar-refractivity contribution in [2.24, 2.45) is 41.4 Å². The van der Waals surface area contributed by atoms with Gasteiger partial charge in [-0.3, -0.25) is 0 Å². The topological polar surface area (TPSA) is 12.0 Å². The zero-order valence-electron chi connectivity index (χ0n) is 13.3. The highest BCUT2D eigenvalue weighted by Gasteiger charge is 2.50. The van der Waals surface area contributed by atoms with Crippen LogP contribution >= 0.6 is 0 Å². The molecule has 0 amide bonds. The summed E-state index contributed by atoms with van der Waals surface area (Å²) in [7, 11) is 0. The average molecular weight is 285 g/mol. The van der Waals surface area contributed by atoms with E-state index in [1.54, 1.807) is 32.1 Å². The Morgan fingerprint density at radius 2 is 1.52 bits per heavy atom. The largest absolute Gasteiger partial charge is 0.313 e. The minimum atomic E-state index is 0.838. The van der Waals surface area contributed by atoms with Gasteiger partial charge in [0.15, 0.2) is 0 Å². The number of allylic oxidation sites excluding steroid dienone is 1. The lowest BCUT2D eigenvalue weighted by Gasteiger charge is -2.54. The third-order valence-electron chi connectivity index (χ3n) is 8.12. The summed E-state index contributed by atoms with van der Waals surface area (Å²) in [6, 6.07) is 0.838. The summed E-state index contributed by atoms with van der Waals surface area (Å²) >= 11 is 0. The molecule has 5 aliphatic rings. The predicted molar refractivity (Wildman–Crippen MR) is 86.9 cm³/mol. The van der Waals surface area contributed by atoms with Crippen molar-refractivity contribution in [1.29, 1.82) is 0 Å². The summed E-state index contributed by atoms with van der Waals surface area (Å²) in [6.45, 7) is 1.27. The van der Waals surface area contributed by atoms with E-state index in [-0.39, 0.29) is 0 Å². The second-order valence-corrected chi connectivity index (χ2v) is 8.75. The molecule has 0 spiro atoms. The van der Waals surface area contributed by atoms with Crippen LogP contribution in [0.15, 0.2) is 12.2 Å². The molecular formula is C20H31N. The first-order chi connectivity index (χ1) is 10.4. The van der Waals surface area contributed by atoms with Crippen LogP contribution < -0.4 is 5.32 Å². The Morgan fingerprint density at radius 1 is 0.667 bits per heavy atom. The number of hydrogen-bond acceptors (Lipinski definition) is 1. The molecule has 116 valence electrons. The van der Waals surface area contributed by atoms with Crippen molar-refractivity contribution < 1.29 is 0 Å². The maximum atomic E-state index is 3.86. The first kappa shape index (κ1) is 13.2. The molecule has 5 rings (SSSR count). The molecule has 3 saturated carbocycles. The Balaban J connectivity index is 1.41. The normalized spacial score (nSPS) is 55.2. The van der Waals surface area contributed by atoms with Crippen molar-refractivity contribution in [3.05, 3.63) is 12.2 Å². The second-order valence-electron chi connectivity index (χ2n) is 8.75. The Labute approximate surface area is 130 Å². The van der Waals surface area contributed by atoms with Crippen LogP contribution in [0.5, 0.6) is 0 Å². The van der Waals surface area contributed by atoms with Crippen molar-refractivity contribution in [3.8, 4) is 0 Å². The monoisotopic (exact) mass is 285 g/mol.